The molecule has 1 atom stereocenters. The highest BCUT2D eigenvalue weighted by Crippen LogP contribution is 2.16. The van der Waals surface area contributed by atoms with Gasteiger partial charge in [0.05, 0.1) is 6.61 Å². The Hall–Kier alpha value is -1.60. The van der Waals surface area contributed by atoms with Gasteiger partial charge in [-0.3, -0.25) is 4.79 Å². The van der Waals surface area contributed by atoms with Crippen molar-refractivity contribution in [2.45, 2.75) is 18.9 Å². The highest BCUT2D eigenvalue weighted by Gasteiger charge is 2.24. The van der Waals surface area contributed by atoms with E-state index in [4.69, 9.17) is 5.11 Å². The topological polar surface area (TPSA) is 52.6 Å². The van der Waals surface area contributed by atoms with Crippen molar-refractivity contribution in [3.63, 3.8) is 0 Å². The van der Waals surface area contributed by atoms with Crippen LogP contribution in [0.15, 0.2) is 12.1 Å². The summed E-state index contributed by atoms with van der Waals surface area (Å²) < 4.78 is 39.3. The van der Waals surface area contributed by atoms with Crippen molar-refractivity contribution in [2.75, 3.05) is 26.2 Å². The van der Waals surface area contributed by atoms with E-state index in [2.05, 4.69) is 5.32 Å². The number of benzene rings is 1. The number of rotatable bonds is 5. The molecule has 0 radical (unpaired) electrons. The lowest BCUT2D eigenvalue weighted by Crippen LogP contribution is -2.42. The minimum Gasteiger partial charge on any atom is -0.395 e. The monoisotopic (exact) mass is 302 g/mol. The average Bonchev–Trinajstić information content (AvgIpc) is 2.96. The quantitative estimate of drug-likeness (QED) is 0.806. The van der Waals surface area contributed by atoms with Crippen LogP contribution in [-0.4, -0.2) is 48.2 Å². The molecule has 1 heterocycles. The molecule has 116 valence electrons. The maximum atomic E-state index is 13.2. The molecule has 1 aliphatic heterocycles. The van der Waals surface area contributed by atoms with Crippen molar-refractivity contribution in [3.8, 4) is 0 Å². The van der Waals surface area contributed by atoms with E-state index in [1.165, 1.54) is 4.90 Å². The first-order valence-corrected chi connectivity index (χ1v) is 6.81. The second-order valence-corrected chi connectivity index (χ2v) is 5.02. The number of hydrogen-bond acceptors (Lipinski definition) is 3. The number of carbonyl (C=O) groups is 1. The Morgan fingerprint density at radius 1 is 1.33 bits per heavy atom. The zero-order chi connectivity index (χ0) is 15.4. The summed E-state index contributed by atoms with van der Waals surface area (Å²) in [6.07, 6.45) is 1.88. The van der Waals surface area contributed by atoms with E-state index in [0.717, 1.165) is 19.4 Å². The third-order valence-electron chi connectivity index (χ3n) is 3.49. The number of hydrogen-bond donors (Lipinski definition) is 2. The van der Waals surface area contributed by atoms with Crippen molar-refractivity contribution in [1.29, 1.82) is 0 Å². The van der Waals surface area contributed by atoms with E-state index in [-0.39, 0.29) is 24.8 Å². The van der Waals surface area contributed by atoms with Crippen molar-refractivity contribution < 1.29 is 23.1 Å². The molecule has 1 fully saturated rings. The zero-order valence-corrected chi connectivity index (χ0v) is 11.4. The molecule has 1 aliphatic rings. The summed E-state index contributed by atoms with van der Waals surface area (Å²) in [5.41, 5.74) is -0.266. The molecule has 7 heteroatoms. The van der Waals surface area contributed by atoms with E-state index < -0.39 is 23.4 Å². The maximum absolute atomic E-state index is 13.2. The fraction of sp³-hybridized carbons (Fsp3) is 0.500. The molecular formula is C14H17F3N2O2. The van der Waals surface area contributed by atoms with Crippen LogP contribution in [0.25, 0.3) is 0 Å². The Kier molecular flexibility index (Phi) is 5.19. The number of nitrogens with one attached hydrogen (secondary N) is 1. The van der Waals surface area contributed by atoms with Gasteiger partial charge in [-0.1, -0.05) is 0 Å². The standard InChI is InChI=1S/C14H17F3N2O2/c15-11-6-9(7-12(16)13(11)17)14(21)19(4-5-20)8-10-2-1-3-18-10/h6-7,10,18,20H,1-5,8H2. The van der Waals surface area contributed by atoms with Gasteiger partial charge in [-0.2, -0.15) is 0 Å². The van der Waals surface area contributed by atoms with Crippen molar-refractivity contribution in [3.05, 3.63) is 35.1 Å². The summed E-state index contributed by atoms with van der Waals surface area (Å²) in [6.45, 7) is 0.980. The van der Waals surface area contributed by atoms with Crippen LogP contribution in [0.5, 0.6) is 0 Å². The molecule has 1 saturated heterocycles. The highest BCUT2D eigenvalue weighted by atomic mass is 19.2. The fourth-order valence-corrected chi connectivity index (χ4v) is 2.44. The van der Waals surface area contributed by atoms with Crippen molar-refractivity contribution >= 4 is 5.91 Å². The van der Waals surface area contributed by atoms with E-state index in [0.29, 0.717) is 18.7 Å². The van der Waals surface area contributed by atoms with Gasteiger partial charge in [-0.15, -0.1) is 0 Å². The van der Waals surface area contributed by atoms with Crippen LogP contribution >= 0.6 is 0 Å². The first-order valence-electron chi connectivity index (χ1n) is 6.81. The van der Waals surface area contributed by atoms with Crippen LogP contribution in [0.1, 0.15) is 23.2 Å². The third-order valence-corrected chi connectivity index (χ3v) is 3.49. The SMILES string of the molecule is O=C(c1cc(F)c(F)c(F)c1)N(CCO)CC1CCCN1. The average molecular weight is 302 g/mol. The molecule has 1 aromatic rings. The van der Waals surface area contributed by atoms with Gasteiger partial charge in [-0.25, -0.2) is 13.2 Å². The Morgan fingerprint density at radius 2 is 2.00 bits per heavy atom. The van der Waals surface area contributed by atoms with Crippen molar-refractivity contribution in [2.24, 2.45) is 0 Å². The van der Waals surface area contributed by atoms with Gasteiger partial charge in [0.25, 0.3) is 5.91 Å². The zero-order valence-electron chi connectivity index (χ0n) is 11.4. The lowest BCUT2D eigenvalue weighted by atomic mass is 10.1. The van der Waals surface area contributed by atoms with Gasteiger partial charge in [0.1, 0.15) is 0 Å². The van der Waals surface area contributed by atoms with Crippen LogP contribution in [0.2, 0.25) is 0 Å². The van der Waals surface area contributed by atoms with Crippen molar-refractivity contribution in [1.82, 2.24) is 10.2 Å². The molecule has 21 heavy (non-hydrogen) atoms. The van der Waals surface area contributed by atoms with Crippen LogP contribution in [0, 0.1) is 17.5 Å². The molecule has 0 spiro atoms. The first-order chi connectivity index (χ1) is 10.0. The van der Waals surface area contributed by atoms with Gasteiger partial charge >= 0.3 is 0 Å². The number of halogens is 3. The number of carbonyl (C=O) groups excluding carboxylic acids is 1. The van der Waals surface area contributed by atoms with Gasteiger partial charge in [0.2, 0.25) is 0 Å². The minimum absolute atomic E-state index is 0.0532. The summed E-state index contributed by atoms with van der Waals surface area (Å²) >= 11 is 0. The number of aliphatic hydroxyl groups is 1. The van der Waals surface area contributed by atoms with Gasteiger partial charge in [0.15, 0.2) is 17.5 Å². The molecule has 4 nitrogen and oxygen atoms in total. The van der Waals surface area contributed by atoms with Crippen LogP contribution < -0.4 is 5.32 Å². The molecule has 0 aromatic heterocycles. The molecule has 0 saturated carbocycles. The summed E-state index contributed by atoms with van der Waals surface area (Å²) in [4.78, 5) is 13.6. The van der Waals surface area contributed by atoms with E-state index >= 15 is 0 Å². The minimum atomic E-state index is -1.60. The summed E-state index contributed by atoms with van der Waals surface area (Å²) in [5.74, 6) is -5.03. The largest absolute Gasteiger partial charge is 0.395 e. The van der Waals surface area contributed by atoms with Gasteiger partial charge in [0, 0.05) is 24.7 Å². The molecule has 1 amide bonds. The van der Waals surface area contributed by atoms with Gasteiger partial charge < -0.3 is 15.3 Å². The Labute approximate surface area is 120 Å². The Balaban J connectivity index is 2.17. The molecule has 2 N–H and O–H groups in total. The van der Waals surface area contributed by atoms with E-state index in [9.17, 15) is 18.0 Å². The molecule has 1 aromatic carbocycles. The lowest BCUT2D eigenvalue weighted by Gasteiger charge is -2.25. The first kappa shape index (κ1) is 15.8. The fourth-order valence-electron chi connectivity index (χ4n) is 2.44. The van der Waals surface area contributed by atoms with Crippen LogP contribution in [0.4, 0.5) is 13.2 Å². The number of aliphatic hydroxyl groups excluding tert-OH is 1. The predicted molar refractivity (Wildman–Crippen MR) is 70.3 cm³/mol. The number of amides is 1. The summed E-state index contributed by atoms with van der Waals surface area (Å²) in [6, 6.07) is 1.44. The normalized spacial score (nSPS) is 18.0. The number of nitrogens with zero attached hydrogens (tertiary/aromatic N) is 1. The second-order valence-electron chi connectivity index (χ2n) is 5.02. The molecule has 0 aliphatic carbocycles. The summed E-state index contributed by atoms with van der Waals surface area (Å²) in [5, 5.41) is 12.2. The highest BCUT2D eigenvalue weighted by molar-refractivity contribution is 5.94. The van der Waals surface area contributed by atoms with E-state index in [1.807, 2.05) is 0 Å². The lowest BCUT2D eigenvalue weighted by molar-refractivity contribution is 0.0705. The smallest absolute Gasteiger partial charge is 0.254 e. The van der Waals surface area contributed by atoms with Crippen LogP contribution in [0.3, 0.4) is 0 Å². The van der Waals surface area contributed by atoms with E-state index in [1.54, 1.807) is 0 Å². The molecular weight excluding hydrogens is 285 g/mol. The Bertz CT molecular complexity index is 496. The van der Waals surface area contributed by atoms with Gasteiger partial charge in [-0.05, 0) is 31.5 Å². The summed E-state index contributed by atoms with van der Waals surface area (Å²) in [7, 11) is 0. The molecule has 2 rings (SSSR count). The molecule has 0 bridgehead atoms. The second kappa shape index (κ2) is 6.91. The molecule has 1 unspecified atom stereocenters. The maximum Gasteiger partial charge on any atom is 0.254 e. The van der Waals surface area contributed by atoms with Crippen LogP contribution in [-0.2, 0) is 0 Å². The Morgan fingerprint density at radius 3 is 2.52 bits per heavy atom. The third kappa shape index (κ3) is 3.74. The predicted octanol–water partition coefficient (Wildman–Crippen LogP) is 1.29.